The van der Waals surface area contributed by atoms with E-state index in [0.717, 1.165) is 5.56 Å². The lowest BCUT2D eigenvalue weighted by atomic mass is 10.1. The number of benzene rings is 2. The fraction of sp³-hybridized carbons (Fsp3) is 0.222. The second kappa shape index (κ2) is 7.41. The molecule has 1 N–H and O–H groups in total. The number of carboxylic acid groups (broad SMARTS) is 1. The van der Waals surface area contributed by atoms with Crippen molar-refractivity contribution in [1.29, 1.82) is 0 Å². The van der Waals surface area contributed by atoms with Gasteiger partial charge < -0.3 is 14.6 Å². The SMILES string of the molecule is CC(=O)CCc1ccc(OC(C(=O)O)c2ccccc2)cc1. The van der Waals surface area contributed by atoms with Gasteiger partial charge in [-0.25, -0.2) is 4.79 Å². The Labute approximate surface area is 129 Å². The molecular weight excluding hydrogens is 280 g/mol. The zero-order chi connectivity index (χ0) is 15.9. The first-order valence-electron chi connectivity index (χ1n) is 7.09. The highest BCUT2D eigenvalue weighted by Gasteiger charge is 2.21. The number of carbonyl (C=O) groups excluding carboxylic acids is 1. The van der Waals surface area contributed by atoms with Crippen LogP contribution in [0.5, 0.6) is 5.75 Å². The van der Waals surface area contributed by atoms with Crippen molar-refractivity contribution in [3.63, 3.8) is 0 Å². The molecule has 2 aromatic carbocycles. The minimum atomic E-state index is -1.04. The molecule has 0 heterocycles. The fourth-order valence-electron chi connectivity index (χ4n) is 2.08. The fourth-order valence-corrected chi connectivity index (χ4v) is 2.08. The summed E-state index contributed by atoms with van der Waals surface area (Å²) in [6.07, 6.45) is 0.141. The van der Waals surface area contributed by atoms with Crippen LogP contribution in [0.25, 0.3) is 0 Å². The topological polar surface area (TPSA) is 63.6 Å². The van der Waals surface area contributed by atoms with Crippen LogP contribution >= 0.6 is 0 Å². The highest BCUT2D eigenvalue weighted by Crippen LogP contribution is 2.23. The first-order valence-corrected chi connectivity index (χ1v) is 7.09. The maximum atomic E-state index is 11.4. The maximum absolute atomic E-state index is 11.4. The smallest absolute Gasteiger partial charge is 0.349 e. The average molecular weight is 298 g/mol. The molecule has 0 spiro atoms. The predicted octanol–water partition coefficient (Wildman–Crippen LogP) is 3.41. The molecule has 1 unspecified atom stereocenters. The summed E-state index contributed by atoms with van der Waals surface area (Å²) in [7, 11) is 0. The van der Waals surface area contributed by atoms with Crippen LogP contribution in [-0.4, -0.2) is 16.9 Å². The normalized spacial score (nSPS) is 11.7. The Balaban J connectivity index is 2.07. The molecule has 0 aliphatic carbocycles. The molecular formula is C18H18O4. The second-order valence-electron chi connectivity index (χ2n) is 5.09. The number of rotatable bonds is 7. The second-order valence-corrected chi connectivity index (χ2v) is 5.09. The molecule has 4 nitrogen and oxygen atoms in total. The number of carboxylic acids is 1. The number of ketones is 1. The molecule has 1 atom stereocenters. The van der Waals surface area contributed by atoms with Crippen molar-refractivity contribution in [1.82, 2.24) is 0 Å². The van der Waals surface area contributed by atoms with Crippen LogP contribution in [0.15, 0.2) is 54.6 Å². The number of aryl methyl sites for hydroxylation is 1. The Bertz CT molecular complexity index is 632. The lowest BCUT2D eigenvalue weighted by Gasteiger charge is -2.15. The van der Waals surface area contributed by atoms with Gasteiger partial charge in [-0.3, -0.25) is 0 Å². The molecule has 0 fully saturated rings. The molecule has 22 heavy (non-hydrogen) atoms. The highest BCUT2D eigenvalue weighted by atomic mass is 16.5. The van der Waals surface area contributed by atoms with Crippen molar-refractivity contribution in [3.8, 4) is 5.75 Å². The van der Waals surface area contributed by atoms with E-state index in [0.29, 0.717) is 24.2 Å². The lowest BCUT2D eigenvalue weighted by Crippen LogP contribution is -2.18. The molecule has 0 saturated carbocycles. The van der Waals surface area contributed by atoms with E-state index < -0.39 is 12.1 Å². The van der Waals surface area contributed by atoms with E-state index in [9.17, 15) is 14.7 Å². The van der Waals surface area contributed by atoms with Crippen molar-refractivity contribution < 1.29 is 19.4 Å². The molecule has 0 amide bonds. The molecule has 0 radical (unpaired) electrons. The largest absolute Gasteiger partial charge is 0.478 e. The highest BCUT2D eigenvalue weighted by molar-refractivity contribution is 5.75. The minimum Gasteiger partial charge on any atom is -0.478 e. The van der Waals surface area contributed by atoms with E-state index >= 15 is 0 Å². The maximum Gasteiger partial charge on any atom is 0.349 e. The van der Waals surface area contributed by atoms with Crippen LogP contribution < -0.4 is 4.74 Å². The number of Topliss-reactive ketones (excluding diaryl/α,β-unsaturated/α-hetero) is 1. The van der Waals surface area contributed by atoms with Gasteiger partial charge in [0.2, 0.25) is 6.10 Å². The Kier molecular flexibility index (Phi) is 5.31. The summed E-state index contributed by atoms with van der Waals surface area (Å²) in [5, 5.41) is 9.33. The van der Waals surface area contributed by atoms with E-state index in [1.165, 1.54) is 0 Å². The van der Waals surface area contributed by atoms with Gasteiger partial charge in [0.15, 0.2) is 0 Å². The van der Waals surface area contributed by atoms with Gasteiger partial charge in [-0.1, -0.05) is 42.5 Å². The zero-order valence-electron chi connectivity index (χ0n) is 12.4. The van der Waals surface area contributed by atoms with E-state index in [4.69, 9.17) is 4.74 Å². The van der Waals surface area contributed by atoms with Gasteiger partial charge in [-0.15, -0.1) is 0 Å². The Morgan fingerprint density at radius 2 is 1.68 bits per heavy atom. The molecule has 114 valence electrons. The predicted molar refractivity (Wildman–Crippen MR) is 82.9 cm³/mol. The van der Waals surface area contributed by atoms with Crippen molar-refractivity contribution in [2.75, 3.05) is 0 Å². The van der Waals surface area contributed by atoms with Gasteiger partial charge in [0, 0.05) is 12.0 Å². The van der Waals surface area contributed by atoms with Gasteiger partial charge in [-0.2, -0.15) is 0 Å². The Morgan fingerprint density at radius 3 is 2.23 bits per heavy atom. The monoisotopic (exact) mass is 298 g/mol. The summed E-state index contributed by atoms with van der Waals surface area (Å²) < 4.78 is 5.58. The summed E-state index contributed by atoms with van der Waals surface area (Å²) in [4.78, 5) is 22.4. The standard InChI is InChI=1S/C18H18O4/c1-13(19)7-8-14-9-11-16(12-10-14)22-17(18(20)21)15-5-3-2-4-6-15/h2-6,9-12,17H,7-8H2,1H3,(H,20,21). The quantitative estimate of drug-likeness (QED) is 0.850. The van der Waals surface area contributed by atoms with Crippen LogP contribution in [0.1, 0.15) is 30.6 Å². The minimum absolute atomic E-state index is 0.148. The Morgan fingerprint density at radius 1 is 1.05 bits per heavy atom. The van der Waals surface area contributed by atoms with Gasteiger partial charge in [0.1, 0.15) is 11.5 Å². The van der Waals surface area contributed by atoms with Gasteiger partial charge in [0.25, 0.3) is 0 Å². The van der Waals surface area contributed by atoms with Gasteiger partial charge in [0.05, 0.1) is 0 Å². The lowest BCUT2D eigenvalue weighted by molar-refractivity contribution is -0.145. The van der Waals surface area contributed by atoms with Crippen LogP contribution in [0.2, 0.25) is 0 Å². The number of carbonyl (C=O) groups is 2. The van der Waals surface area contributed by atoms with Crippen LogP contribution in [0, 0.1) is 0 Å². The van der Waals surface area contributed by atoms with Crippen LogP contribution in [0.4, 0.5) is 0 Å². The summed E-state index contributed by atoms with van der Waals surface area (Å²) in [5.41, 5.74) is 1.62. The number of hydrogen-bond donors (Lipinski definition) is 1. The van der Waals surface area contributed by atoms with Crippen molar-refractivity contribution in [2.45, 2.75) is 25.9 Å². The van der Waals surface area contributed by atoms with Gasteiger partial charge >= 0.3 is 5.97 Å². The molecule has 4 heteroatoms. The number of ether oxygens (including phenoxy) is 1. The zero-order valence-corrected chi connectivity index (χ0v) is 12.4. The molecule has 0 saturated heterocycles. The van der Waals surface area contributed by atoms with Crippen LogP contribution in [0.3, 0.4) is 0 Å². The third-order valence-corrected chi connectivity index (χ3v) is 3.27. The van der Waals surface area contributed by atoms with Crippen molar-refractivity contribution in [3.05, 3.63) is 65.7 Å². The van der Waals surface area contributed by atoms with Crippen molar-refractivity contribution >= 4 is 11.8 Å². The molecule has 2 aromatic rings. The number of hydrogen-bond acceptors (Lipinski definition) is 3. The molecule has 0 aliphatic rings. The van der Waals surface area contributed by atoms with Crippen LogP contribution in [-0.2, 0) is 16.0 Å². The number of aliphatic carboxylic acids is 1. The summed E-state index contributed by atoms with van der Waals surface area (Å²) in [6.45, 7) is 1.56. The Hall–Kier alpha value is -2.62. The molecule has 0 bridgehead atoms. The van der Waals surface area contributed by atoms with E-state index in [2.05, 4.69) is 0 Å². The third kappa shape index (κ3) is 4.45. The summed E-state index contributed by atoms with van der Waals surface area (Å²) in [6, 6.07) is 16.0. The van der Waals surface area contributed by atoms with Crippen molar-refractivity contribution in [2.24, 2.45) is 0 Å². The first kappa shape index (κ1) is 15.8. The molecule has 0 aromatic heterocycles. The van der Waals surface area contributed by atoms with E-state index in [1.807, 2.05) is 18.2 Å². The first-order chi connectivity index (χ1) is 10.6. The molecule has 0 aliphatic heterocycles. The third-order valence-electron chi connectivity index (χ3n) is 3.27. The van der Waals surface area contributed by atoms with Gasteiger partial charge in [-0.05, 0) is 31.0 Å². The molecule has 2 rings (SSSR count). The average Bonchev–Trinajstić information content (AvgIpc) is 2.52. The summed E-state index contributed by atoms with van der Waals surface area (Å²) in [5.74, 6) is -0.398. The van der Waals surface area contributed by atoms with E-state index in [-0.39, 0.29) is 5.78 Å². The van der Waals surface area contributed by atoms with E-state index in [1.54, 1.807) is 43.3 Å². The summed E-state index contributed by atoms with van der Waals surface area (Å²) >= 11 is 0.